The molecule has 0 aliphatic carbocycles. The quantitative estimate of drug-likeness (QED) is 0.767. The van der Waals surface area contributed by atoms with Crippen LogP contribution in [0.5, 0.6) is 0 Å². The van der Waals surface area contributed by atoms with Crippen molar-refractivity contribution < 1.29 is 9.90 Å². The Balaban J connectivity index is 1.51. The number of piperidine rings is 1. The summed E-state index contributed by atoms with van der Waals surface area (Å²) in [6.45, 7) is 1.77. The number of β-amino-alcohol motifs (C(OH)–C–C–N with tert-alkyl or cyclic N) is 1. The molecule has 1 amide bonds. The second-order valence-electron chi connectivity index (χ2n) is 6.16. The minimum atomic E-state index is -0.309. The third-order valence-electron chi connectivity index (χ3n) is 4.04. The van der Waals surface area contributed by atoms with Crippen molar-refractivity contribution in [1.29, 1.82) is 0 Å². The number of halogens is 1. The summed E-state index contributed by atoms with van der Waals surface area (Å²) < 4.78 is 1.07. The summed E-state index contributed by atoms with van der Waals surface area (Å²) in [5.41, 5.74) is 0.794. The summed E-state index contributed by atoms with van der Waals surface area (Å²) in [5, 5.41) is 12.6. The van der Waals surface area contributed by atoms with E-state index in [0.717, 1.165) is 34.4 Å². The molecule has 1 saturated heterocycles. The van der Waals surface area contributed by atoms with E-state index in [1.165, 1.54) is 4.90 Å². The van der Waals surface area contributed by atoms with Crippen LogP contribution in [-0.4, -0.2) is 41.7 Å². The van der Waals surface area contributed by atoms with E-state index in [4.69, 9.17) is 0 Å². The van der Waals surface area contributed by atoms with E-state index in [9.17, 15) is 9.90 Å². The van der Waals surface area contributed by atoms with Crippen LogP contribution in [0.3, 0.4) is 0 Å². The largest absolute Gasteiger partial charge is 0.392 e. The summed E-state index contributed by atoms with van der Waals surface area (Å²) in [6.07, 6.45) is 1.46. The van der Waals surface area contributed by atoms with Gasteiger partial charge in [0.05, 0.1) is 12.6 Å². The zero-order chi connectivity index (χ0) is 17.6. The summed E-state index contributed by atoms with van der Waals surface area (Å²) >= 11 is 5.12. The molecule has 0 aromatic heterocycles. The van der Waals surface area contributed by atoms with Gasteiger partial charge in [0.2, 0.25) is 5.91 Å². The predicted molar refractivity (Wildman–Crippen MR) is 105 cm³/mol. The summed E-state index contributed by atoms with van der Waals surface area (Å²) in [6, 6.07) is 16.0. The second kappa shape index (κ2) is 8.85. The van der Waals surface area contributed by atoms with Gasteiger partial charge in [-0.3, -0.25) is 9.69 Å². The molecule has 3 rings (SSSR count). The van der Waals surface area contributed by atoms with Crippen LogP contribution in [-0.2, 0) is 4.79 Å². The maximum Gasteiger partial charge on any atom is 0.238 e. The number of anilines is 1. The molecule has 1 atom stereocenters. The van der Waals surface area contributed by atoms with E-state index in [1.807, 2.05) is 41.3 Å². The van der Waals surface area contributed by atoms with Crippen molar-refractivity contribution in [2.24, 2.45) is 0 Å². The normalized spacial score (nSPS) is 18.1. The molecule has 6 heteroatoms. The number of rotatable bonds is 5. The van der Waals surface area contributed by atoms with Crippen LogP contribution in [0.2, 0.25) is 0 Å². The predicted octanol–water partition coefficient (Wildman–Crippen LogP) is 4.00. The first-order chi connectivity index (χ1) is 12.1. The van der Waals surface area contributed by atoms with Gasteiger partial charge in [0, 0.05) is 26.5 Å². The van der Waals surface area contributed by atoms with Crippen LogP contribution in [0.1, 0.15) is 12.8 Å². The Kier molecular flexibility index (Phi) is 6.53. The van der Waals surface area contributed by atoms with Crippen molar-refractivity contribution in [3.8, 4) is 0 Å². The van der Waals surface area contributed by atoms with Crippen LogP contribution in [0.25, 0.3) is 0 Å². The Hall–Kier alpha value is -1.34. The van der Waals surface area contributed by atoms with Crippen LogP contribution >= 0.6 is 27.7 Å². The topological polar surface area (TPSA) is 52.6 Å². The highest BCUT2D eigenvalue weighted by Crippen LogP contribution is 2.29. The number of nitrogens with zero attached hydrogens (tertiary/aromatic N) is 1. The lowest BCUT2D eigenvalue weighted by Crippen LogP contribution is -2.42. The first kappa shape index (κ1) is 18.5. The number of aliphatic hydroxyl groups excluding tert-OH is 1. The Morgan fingerprint density at radius 3 is 2.44 bits per heavy atom. The number of carbonyl (C=O) groups is 1. The van der Waals surface area contributed by atoms with Crippen LogP contribution in [0.15, 0.2) is 62.8 Å². The molecular weight excluding hydrogens is 400 g/mol. The van der Waals surface area contributed by atoms with Gasteiger partial charge in [0.15, 0.2) is 0 Å². The number of likely N-dealkylation sites (tertiary alicyclic amines) is 1. The Bertz CT molecular complexity index is 706. The van der Waals surface area contributed by atoms with Crippen LogP contribution in [0.4, 0.5) is 5.69 Å². The molecule has 4 nitrogen and oxygen atoms in total. The van der Waals surface area contributed by atoms with E-state index in [2.05, 4.69) is 33.4 Å². The lowest BCUT2D eigenvalue weighted by atomic mass is 10.1. The summed E-state index contributed by atoms with van der Waals surface area (Å²) in [4.78, 5) is 16.4. The fraction of sp³-hybridized carbons (Fsp3) is 0.316. The first-order valence-corrected chi connectivity index (χ1v) is 9.93. The highest BCUT2D eigenvalue weighted by atomic mass is 79.9. The van der Waals surface area contributed by atoms with Crippen molar-refractivity contribution in [1.82, 2.24) is 4.90 Å². The van der Waals surface area contributed by atoms with E-state index in [0.29, 0.717) is 13.1 Å². The van der Waals surface area contributed by atoms with Gasteiger partial charge in [0.1, 0.15) is 0 Å². The number of carbonyl (C=O) groups excluding carboxylic acids is 1. The molecule has 2 aromatic rings. The van der Waals surface area contributed by atoms with Gasteiger partial charge in [-0.2, -0.15) is 0 Å². The third kappa shape index (κ3) is 5.85. The van der Waals surface area contributed by atoms with Gasteiger partial charge >= 0.3 is 0 Å². The van der Waals surface area contributed by atoms with Crippen molar-refractivity contribution >= 4 is 39.3 Å². The molecule has 1 heterocycles. The third-order valence-corrected chi connectivity index (χ3v) is 5.58. The average Bonchev–Trinajstić information content (AvgIpc) is 2.59. The van der Waals surface area contributed by atoms with Gasteiger partial charge in [0.25, 0.3) is 0 Å². The molecule has 1 unspecified atom stereocenters. The summed E-state index contributed by atoms with van der Waals surface area (Å²) in [7, 11) is 0. The molecule has 1 fully saturated rings. The minimum Gasteiger partial charge on any atom is -0.392 e. The maximum absolute atomic E-state index is 12.2. The van der Waals surface area contributed by atoms with Crippen molar-refractivity contribution in [3.63, 3.8) is 0 Å². The molecule has 25 heavy (non-hydrogen) atoms. The highest BCUT2D eigenvalue weighted by Gasteiger charge is 2.19. The monoisotopic (exact) mass is 420 g/mol. The molecule has 1 aliphatic rings. The molecule has 0 bridgehead atoms. The lowest BCUT2D eigenvalue weighted by molar-refractivity contribution is -0.118. The Labute approximate surface area is 160 Å². The fourth-order valence-electron chi connectivity index (χ4n) is 2.82. The van der Waals surface area contributed by atoms with Gasteiger partial charge in [-0.15, -0.1) is 0 Å². The van der Waals surface area contributed by atoms with Gasteiger partial charge in [-0.25, -0.2) is 0 Å². The Morgan fingerprint density at radius 2 is 1.80 bits per heavy atom. The smallest absolute Gasteiger partial charge is 0.238 e. The highest BCUT2D eigenvalue weighted by molar-refractivity contribution is 9.10. The van der Waals surface area contributed by atoms with Crippen LogP contribution < -0.4 is 5.32 Å². The average molecular weight is 421 g/mol. The zero-order valence-corrected chi connectivity index (χ0v) is 16.2. The zero-order valence-electron chi connectivity index (χ0n) is 13.8. The molecular formula is C19H21BrN2O2S. The fourth-order valence-corrected chi connectivity index (χ4v) is 3.90. The molecule has 2 aromatic carbocycles. The minimum absolute atomic E-state index is 0.0394. The number of benzene rings is 2. The molecule has 0 spiro atoms. The second-order valence-corrected chi connectivity index (χ2v) is 8.22. The lowest BCUT2D eigenvalue weighted by Gasteiger charge is -2.29. The van der Waals surface area contributed by atoms with E-state index >= 15 is 0 Å². The number of hydrogen-bond acceptors (Lipinski definition) is 4. The molecule has 132 valence electrons. The van der Waals surface area contributed by atoms with Crippen LogP contribution in [0, 0.1) is 0 Å². The molecule has 1 aliphatic heterocycles. The molecule has 0 saturated carbocycles. The number of hydrogen-bond donors (Lipinski definition) is 2. The van der Waals surface area contributed by atoms with Gasteiger partial charge < -0.3 is 10.4 Å². The summed E-state index contributed by atoms with van der Waals surface area (Å²) in [5.74, 6) is -0.0394. The van der Waals surface area contributed by atoms with Crippen molar-refractivity contribution in [2.45, 2.75) is 28.7 Å². The van der Waals surface area contributed by atoms with Gasteiger partial charge in [-0.05, 0) is 67.9 Å². The molecule has 0 radical (unpaired) electrons. The number of aliphatic hydroxyl groups is 1. The Morgan fingerprint density at radius 1 is 1.16 bits per heavy atom. The maximum atomic E-state index is 12.2. The van der Waals surface area contributed by atoms with Crippen molar-refractivity contribution in [2.75, 3.05) is 25.0 Å². The standard InChI is InChI=1S/C19H21BrN2O2S/c20-14-3-7-17(8-4-14)25-18-9-5-15(6-10-18)21-19(24)13-22-11-1-2-16(23)12-22/h3-10,16,23H,1-2,11-13H2,(H,21,24). The van der Waals surface area contributed by atoms with E-state index in [1.54, 1.807) is 11.8 Å². The van der Waals surface area contributed by atoms with E-state index < -0.39 is 0 Å². The number of nitrogens with one attached hydrogen (secondary N) is 1. The molecule has 2 N–H and O–H groups in total. The van der Waals surface area contributed by atoms with Gasteiger partial charge in [-0.1, -0.05) is 27.7 Å². The first-order valence-electron chi connectivity index (χ1n) is 8.32. The van der Waals surface area contributed by atoms with Crippen molar-refractivity contribution in [3.05, 3.63) is 53.0 Å². The van der Waals surface area contributed by atoms with E-state index in [-0.39, 0.29) is 12.0 Å². The number of amides is 1. The SMILES string of the molecule is O=C(CN1CCCC(O)C1)Nc1ccc(Sc2ccc(Br)cc2)cc1.